The first-order valence-electron chi connectivity index (χ1n) is 9.10. The first kappa shape index (κ1) is 18.6. The number of carbonyl (C=O) groups excluding carboxylic acids is 1. The molecule has 6 nitrogen and oxygen atoms in total. The lowest BCUT2D eigenvalue weighted by Gasteiger charge is -2.38. The highest BCUT2D eigenvalue weighted by atomic mass is 35.5. The molecule has 2 heterocycles. The van der Waals surface area contributed by atoms with E-state index in [2.05, 4.69) is 11.2 Å². The van der Waals surface area contributed by atoms with Crippen LogP contribution in [0.4, 0.5) is 5.69 Å². The van der Waals surface area contributed by atoms with Gasteiger partial charge in [-0.25, -0.2) is 9.86 Å². The van der Waals surface area contributed by atoms with E-state index in [0.29, 0.717) is 22.3 Å². The van der Waals surface area contributed by atoms with E-state index in [1.165, 1.54) is 14.2 Å². The van der Waals surface area contributed by atoms with Gasteiger partial charge in [-0.15, -0.1) is 0 Å². The van der Waals surface area contributed by atoms with E-state index in [1.54, 1.807) is 0 Å². The molecule has 0 N–H and O–H groups in total. The van der Waals surface area contributed by atoms with E-state index in [4.69, 9.17) is 26.0 Å². The van der Waals surface area contributed by atoms with Gasteiger partial charge in [0.2, 0.25) is 0 Å². The highest BCUT2D eigenvalue weighted by molar-refractivity contribution is 6.44. The normalized spacial score (nSPS) is 16.6. The second-order valence-electron chi connectivity index (χ2n) is 7.00. The van der Waals surface area contributed by atoms with Crippen molar-refractivity contribution in [2.24, 2.45) is 11.1 Å². The van der Waals surface area contributed by atoms with Crippen molar-refractivity contribution in [3.63, 3.8) is 0 Å². The minimum Gasteiger partial charge on any atom is -0.464 e. The number of hydroxylamine groups is 1. The molecule has 5 rings (SSSR count). The van der Waals surface area contributed by atoms with Crippen LogP contribution in [0.1, 0.15) is 35.6 Å². The number of benzene rings is 2. The zero-order valence-corrected chi connectivity index (χ0v) is 16.7. The average molecular weight is 401 g/mol. The quantitative estimate of drug-likeness (QED) is 0.407. The van der Waals surface area contributed by atoms with Crippen molar-refractivity contribution in [3.05, 3.63) is 58.1 Å². The maximum atomic E-state index is 12.2. The molecule has 0 spiro atoms. The van der Waals surface area contributed by atoms with Crippen LogP contribution in [0, 0.1) is 12.8 Å². The third kappa shape index (κ3) is 3.29. The molecule has 0 saturated heterocycles. The molecule has 1 fully saturated rings. The van der Waals surface area contributed by atoms with Crippen LogP contribution in [0.3, 0.4) is 0 Å². The largest absolute Gasteiger partial charge is 0.464 e. The van der Waals surface area contributed by atoms with Crippen molar-refractivity contribution in [1.29, 1.82) is 0 Å². The van der Waals surface area contributed by atoms with Crippen LogP contribution in [-0.2, 0) is 14.4 Å². The minimum absolute atomic E-state index is 0.0744. The number of nitrogens with zero attached hydrogens (tertiary/aromatic N) is 2. The van der Waals surface area contributed by atoms with E-state index in [-0.39, 0.29) is 11.8 Å². The molecule has 0 radical (unpaired) electrons. The number of hydrogen-bond acceptors (Lipinski definition) is 6. The summed E-state index contributed by atoms with van der Waals surface area (Å²) in [5.41, 5.74) is 3.57. The topological polar surface area (TPSA) is 60.4 Å². The van der Waals surface area contributed by atoms with E-state index in [9.17, 15) is 4.79 Å². The number of fused-ring (bicyclic) bond motifs is 3. The smallest absolute Gasteiger partial charge is 0.360 e. The van der Waals surface area contributed by atoms with Crippen molar-refractivity contribution in [1.82, 2.24) is 0 Å². The van der Waals surface area contributed by atoms with Gasteiger partial charge in [0.15, 0.2) is 11.5 Å². The van der Waals surface area contributed by atoms with E-state index in [0.717, 1.165) is 29.7 Å². The summed E-state index contributed by atoms with van der Waals surface area (Å²) in [6.07, 6.45) is 2.29. The Balaban J connectivity index is 1.75. The molecule has 3 aliphatic rings. The number of oxime groups is 1. The van der Waals surface area contributed by atoms with E-state index >= 15 is 0 Å². The molecular formula is C21H21ClN2O4. The fraction of sp³-hybridized carbons (Fsp3) is 0.333. The summed E-state index contributed by atoms with van der Waals surface area (Å²) in [4.78, 5) is 23.3. The summed E-state index contributed by atoms with van der Waals surface area (Å²) in [7, 11) is 2.70. The van der Waals surface area contributed by atoms with Gasteiger partial charge in [-0.3, -0.25) is 0 Å². The Labute approximate surface area is 168 Å². The van der Waals surface area contributed by atoms with Gasteiger partial charge in [-0.05, 0) is 61.1 Å². The van der Waals surface area contributed by atoms with Crippen LogP contribution in [0.15, 0.2) is 41.6 Å². The molecule has 0 aromatic heterocycles. The molecule has 2 aromatic rings. The summed E-state index contributed by atoms with van der Waals surface area (Å²) in [5.74, 6) is 0.510. The Bertz CT molecular complexity index is 938. The maximum absolute atomic E-state index is 12.2. The molecule has 146 valence electrons. The Morgan fingerprint density at radius 2 is 1.96 bits per heavy atom. The predicted molar refractivity (Wildman–Crippen MR) is 107 cm³/mol. The first-order chi connectivity index (χ1) is 13.5. The number of ether oxygens (including phenoxy) is 1. The zero-order chi connectivity index (χ0) is 19.8. The van der Waals surface area contributed by atoms with Crippen molar-refractivity contribution < 1.29 is 19.2 Å². The molecule has 1 aliphatic carbocycles. The molecule has 28 heavy (non-hydrogen) atoms. The lowest BCUT2D eigenvalue weighted by Crippen LogP contribution is -2.38. The van der Waals surface area contributed by atoms with Gasteiger partial charge >= 0.3 is 5.97 Å². The third-order valence-electron chi connectivity index (χ3n) is 5.05. The average Bonchev–Trinajstić information content (AvgIpc) is 3.53. The number of carbonyl (C=O) groups is 1. The highest BCUT2D eigenvalue weighted by Gasteiger charge is 2.41. The molecule has 7 heteroatoms. The monoisotopic (exact) mass is 400 g/mol. The molecule has 2 bridgehead atoms. The molecular weight excluding hydrogens is 380 g/mol. The number of methoxy groups -OCH3 is 1. The number of esters is 1. The van der Waals surface area contributed by atoms with Crippen LogP contribution in [-0.4, -0.2) is 25.9 Å². The molecule has 2 aromatic carbocycles. The van der Waals surface area contributed by atoms with Gasteiger partial charge in [0.1, 0.15) is 7.11 Å². The number of aryl methyl sites for hydroxylation is 1. The van der Waals surface area contributed by atoms with Gasteiger partial charge in [-0.2, -0.15) is 0 Å². The Morgan fingerprint density at radius 3 is 2.54 bits per heavy atom. The van der Waals surface area contributed by atoms with Gasteiger partial charge in [-0.1, -0.05) is 28.9 Å². The Hall–Kier alpha value is -2.73. The van der Waals surface area contributed by atoms with Crippen LogP contribution in [0.2, 0.25) is 5.02 Å². The molecule has 2 aliphatic heterocycles. The summed E-state index contributed by atoms with van der Waals surface area (Å²) in [6, 6.07) is 11.9. The standard InChI is InChI=1S/C21H21ClN2O4/c1-12-10-16-11-17(18(23-27-3)21(25)26-2)20(12)28-24(16)19(13-4-5-13)14-6-8-15(22)9-7-14/h6-11,13,19H,4-5H2,1-3H3. The van der Waals surface area contributed by atoms with Crippen LogP contribution in [0.25, 0.3) is 0 Å². The van der Waals surface area contributed by atoms with Crippen molar-refractivity contribution >= 4 is 29.0 Å². The highest BCUT2D eigenvalue weighted by Crippen LogP contribution is 2.49. The van der Waals surface area contributed by atoms with Crippen LogP contribution in [0.5, 0.6) is 5.75 Å². The fourth-order valence-electron chi connectivity index (χ4n) is 3.60. The Morgan fingerprint density at radius 1 is 1.25 bits per heavy atom. The lowest BCUT2D eigenvalue weighted by molar-refractivity contribution is -0.132. The molecule has 1 atom stereocenters. The zero-order valence-electron chi connectivity index (χ0n) is 15.9. The molecule has 1 unspecified atom stereocenters. The van der Waals surface area contributed by atoms with Crippen molar-refractivity contribution in [3.8, 4) is 5.75 Å². The van der Waals surface area contributed by atoms with Gasteiger partial charge in [0, 0.05) is 5.02 Å². The second-order valence-corrected chi connectivity index (χ2v) is 7.44. The van der Waals surface area contributed by atoms with Gasteiger partial charge in [0.25, 0.3) is 0 Å². The molecule has 1 saturated carbocycles. The Kier molecular flexibility index (Phi) is 4.89. The number of anilines is 1. The number of halogens is 1. The van der Waals surface area contributed by atoms with Crippen LogP contribution >= 0.6 is 11.6 Å². The van der Waals surface area contributed by atoms with Crippen molar-refractivity contribution in [2.75, 3.05) is 19.3 Å². The van der Waals surface area contributed by atoms with Gasteiger partial charge in [0.05, 0.1) is 24.4 Å². The van der Waals surface area contributed by atoms with E-state index in [1.807, 2.05) is 42.3 Å². The summed E-state index contributed by atoms with van der Waals surface area (Å²) < 4.78 is 4.85. The summed E-state index contributed by atoms with van der Waals surface area (Å²) in [6.45, 7) is 1.94. The molecule has 0 amide bonds. The summed E-state index contributed by atoms with van der Waals surface area (Å²) >= 11 is 6.06. The number of rotatable bonds is 6. The van der Waals surface area contributed by atoms with Crippen LogP contribution < -0.4 is 9.90 Å². The lowest BCUT2D eigenvalue weighted by atomic mass is 9.98. The summed E-state index contributed by atoms with van der Waals surface area (Å²) in [5, 5.41) is 6.49. The van der Waals surface area contributed by atoms with Crippen molar-refractivity contribution in [2.45, 2.75) is 25.8 Å². The first-order valence-corrected chi connectivity index (χ1v) is 9.48. The fourth-order valence-corrected chi connectivity index (χ4v) is 3.73. The minimum atomic E-state index is -0.576. The SMILES string of the molecule is CON=C(C(=O)OC)c1cc2cc(C)c1ON2C(c1ccc(Cl)cc1)C1CC1. The number of hydrogen-bond donors (Lipinski definition) is 0. The maximum Gasteiger partial charge on any atom is 0.360 e. The third-order valence-corrected chi connectivity index (χ3v) is 5.30. The predicted octanol–water partition coefficient (Wildman–Crippen LogP) is 4.44. The van der Waals surface area contributed by atoms with Gasteiger partial charge < -0.3 is 14.4 Å². The van der Waals surface area contributed by atoms with E-state index < -0.39 is 5.97 Å². The second kappa shape index (κ2) is 7.36.